The highest BCUT2D eigenvalue weighted by atomic mass is 16.6. The van der Waals surface area contributed by atoms with Crippen LogP contribution in [0.2, 0.25) is 0 Å². The Bertz CT molecular complexity index is 457. The van der Waals surface area contributed by atoms with Crippen molar-refractivity contribution in [3.8, 4) is 0 Å². The number of ether oxygens (including phenoxy) is 1. The number of aromatic nitrogens is 3. The van der Waals surface area contributed by atoms with Gasteiger partial charge in [-0.05, 0) is 41.5 Å². The number of alkyl carbamates (subject to hydrolysis) is 1. The molecule has 0 aliphatic heterocycles. The Morgan fingerprint density at radius 1 is 1.24 bits per heavy atom. The smallest absolute Gasteiger partial charge is 0.407 e. The van der Waals surface area contributed by atoms with Crippen LogP contribution >= 0.6 is 0 Å². The summed E-state index contributed by atoms with van der Waals surface area (Å²) in [6.07, 6.45) is 1.52. The third-order valence-electron chi connectivity index (χ3n) is 2.50. The molecule has 0 saturated carbocycles. The lowest BCUT2D eigenvalue weighted by Crippen LogP contribution is -2.36. The summed E-state index contributed by atoms with van der Waals surface area (Å²) in [6.45, 7) is 13.5. The Hall–Kier alpha value is -1.63. The van der Waals surface area contributed by atoms with Crippen LogP contribution in [0.5, 0.6) is 0 Å². The van der Waals surface area contributed by atoms with Crippen LogP contribution in [-0.4, -0.2) is 39.8 Å². The molecule has 1 aromatic heterocycles. The second-order valence-corrected chi connectivity index (χ2v) is 6.93. The summed E-state index contributed by atoms with van der Waals surface area (Å²) in [4.78, 5) is 11.4. The van der Waals surface area contributed by atoms with E-state index in [0.717, 1.165) is 5.69 Å². The van der Waals surface area contributed by atoms with Crippen LogP contribution in [0, 0.1) is 0 Å². The van der Waals surface area contributed by atoms with Gasteiger partial charge in [-0.25, -0.2) is 9.48 Å². The first-order chi connectivity index (χ1) is 9.58. The molecule has 0 saturated heterocycles. The molecule has 0 bridgehead atoms. The molecule has 7 heteroatoms. The van der Waals surface area contributed by atoms with Crippen LogP contribution in [0.25, 0.3) is 0 Å². The first kappa shape index (κ1) is 17.4. The van der Waals surface area contributed by atoms with Crippen molar-refractivity contribution in [3.63, 3.8) is 0 Å². The molecular formula is C14H27N5O2. The van der Waals surface area contributed by atoms with Gasteiger partial charge in [0.2, 0.25) is 0 Å². The van der Waals surface area contributed by atoms with E-state index in [2.05, 4.69) is 41.7 Å². The zero-order valence-electron chi connectivity index (χ0n) is 13.9. The van der Waals surface area contributed by atoms with Gasteiger partial charge >= 0.3 is 6.09 Å². The summed E-state index contributed by atoms with van der Waals surface area (Å²) in [5.41, 5.74) is 0.342. The lowest BCUT2D eigenvalue weighted by molar-refractivity contribution is 0.0528. The molecule has 1 amide bonds. The highest BCUT2D eigenvalue weighted by molar-refractivity contribution is 5.67. The Labute approximate surface area is 126 Å². The average Bonchev–Trinajstić information content (AvgIpc) is 2.74. The van der Waals surface area contributed by atoms with Gasteiger partial charge in [0.25, 0.3) is 0 Å². The zero-order chi connectivity index (χ0) is 16.1. The standard InChI is InChI=1S/C14H27N5O2/c1-13(2,3)19-10-11(17-18-19)9-15-7-8-16-12(20)21-14(4,5)6/h10,15H,7-9H2,1-6H3,(H,16,20). The fourth-order valence-corrected chi connectivity index (χ4v) is 1.49. The van der Waals surface area contributed by atoms with Crippen LogP contribution in [-0.2, 0) is 16.8 Å². The summed E-state index contributed by atoms with van der Waals surface area (Å²) in [5.74, 6) is 0. The average molecular weight is 297 g/mol. The molecule has 1 rings (SSSR count). The van der Waals surface area contributed by atoms with Crippen molar-refractivity contribution >= 4 is 6.09 Å². The van der Waals surface area contributed by atoms with E-state index < -0.39 is 11.7 Å². The van der Waals surface area contributed by atoms with E-state index in [1.807, 2.05) is 31.6 Å². The van der Waals surface area contributed by atoms with Crippen LogP contribution < -0.4 is 10.6 Å². The maximum Gasteiger partial charge on any atom is 0.407 e. The number of nitrogens with zero attached hydrogens (tertiary/aromatic N) is 3. The molecule has 0 aliphatic rings. The molecule has 21 heavy (non-hydrogen) atoms. The largest absolute Gasteiger partial charge is 0.444 e. The SMILES string of the molecule is CC(C)(C)OC(=O)NCCNCc1cn(C(C)(C)C)nn1. The molecule has 120 valence electrons. The van der Waals surface area contributed by atoms with E-state index in [-0.39, 0.29) is 5.54 Å². The summed E-state index contributed by atoms with van der Waals surface area (Å²) in [6, 6.07) is 0. The molecule has 0 radical (unpaired) electrons. The summed E-state index contributed by atoms with van der Waals surface area (Å²) < 4.78 is 6.98. The minimum atomic E-state index is -0.469. The quantitative estimate of drug-likeness (QED) is 0.808. The van der Waals surface area contributed by atoms with Gasteiger partial charge in [0.05, 0.1) is 17.4 Å². The van der Waals surface area contributed by atoms with E-state index in [1.54, 1.807) is 0 Å². The highest BCUT2D eigenvalue weighted by Crippen LogP contribution is 2.11. The summed E-state index contributed by atoms with van der Waals surface area (Å²) in [7, 11) is 0. The third kappa shape index (κ3) is 7.08. The van der Waals surface area contributed by atoms with E-state index in [0.29, 0.717) is 19.6 Å². The maximum absolute atomic E-state index is 11.4. The molecule has 0 unspecified atom stereocenters. The van der Waals surface area contributed by atoms with Gasteiger partial charge < -0.3 is 15.4 Å². The van der Waals surface area contributed by atoms with Crippen molar-refractivity contribution in [1.29, 1.82) is 0 Å². The van der Waals surface area contributed by atoms with Gasteiger partial charge in [-0.1, -0.05) is 5.21 Å². The number of hydrogen-bond acceptors (Lipinski definition) is 5. The molecule has 0 aromatic carbocycles. The molecule has 0 atom stereocenters. The van der Waals surface area contributed by atoms with E-state index in [4.69, 9.17) is 4.74 Å². The topological polar surface area (TPSA) is 81.1 Å². The van der Waals surface area contributed by atoms with Gasteiger partial charge in [-0.15, -0.1) is 5.10 Å². The van der Waals surface area contributed by atoms with Crippen molar-refractivity contribution < 1.29 is 9.53 Å². The molecule has 1 aromatic rings. The van der Waals surface area contributed by atoms with E-state index >= 15 is 0 Å². The van der Waals surface area contributed by atoms with E-state index in [1.165, 1.54) is 0 Å². The van der Waals surface area contributed by atoms with Crippen molar-refractivity contribution in [1.82, 2.24) is 25.6 Å². The Kier molecular flexibility index (Phi) is 5.71. The Morgan fingerprint density at radius 3 is 2.43 bits per heavy atom. The first-order valence-electron chi connectivity index (χ1n) is 7.17. The fourth-order valence-electron chi connectivity index (χ4n) is 1.49. The van der Waals surface area contributed by atoms with Crippen molar-refractivity contribution in [2.24, 2.45) is 0 Å². The van der Waals surface area contributed by atoms with Crippen molar-refractivity contribution in [2.45, 2.75) is 59.2 Å². The van der Waals surface area contributed by atoms with Crippen LogP contribution in [0.15, 0.2) is 6.20 Å². The number of carbonyl (C=O) groups is 1. The van der Waals surface area contributed by atoms with Crippen LogP contribution in [0.4, 0.5) is 4.79 Å². The van der Waals surface area contributed by atoms with Crippen LogP contribution in [0.3, 0.4) is 0 Å². The van der Waals surface area contributed by atoms with Crippen LogP contribution in [0.1, 0.15) is 47.2 Å². The normalized spacial score (nSPS) is 12.3. The lowest BCUT2D eigenvalue weighted by atomic mass is 10.1. The maximum atomic E-state index is 11.4. The third-order valence-corrected chi connectivity index (χ3v) is 2.50. The fraction of sp³-hybridized carbons (Fsp3) is 0.786. The summed E-state index contributed by atoms with van der Waals surface area (Å²) in [5, 5.41) is 14.1. The number of hydrogen-bond donors (Lipinski definition) is 2. The second-order valence-electron chi connectivity index (χ2n) is 6.93. The van der Waals surface area contributed by atoms with Crippen molar-refractivity contribution in [3.05, 3.63) is 11.9 Å². The van der Waals surface area contributed by atoms with Gasteiger partial charge in [0, 0.05) is 19.6 Å². The molecule has 0 spiro atoms. The van der Waals surface area contributed by atoms with Crippen molar-refractivity contribution in [2.75, 3.05) is 13.1 Å². The summed E-state index contributed by atoms with van der Waals surface area (Å²) >= 11 is 0. The molecule has 0 fully saturated rings. The van der Waals surface area contributed by atoms with Gasteiger partial charge in [-0.2, -0.15) is 0 Å². The predicted molar refractivity (Wildman–Crippen MR) is 81.0 cm³/mol. The molecular weight excluding hydrogens is 270 g/mol. The predicted octanol–water partition coefficient (Wildman–Crippen LogP) is 1.65. The van der Waals surface area contributed by atoms with Gasteiger partial charge in [0.1, 0.15) is 5.60 Å². The number of nitrogens with one attached hydrogen (secondary N) is 2. The Balaban J connectivity index is 2.20. The van der Waals surface area contributed by atoms with Gasteiger partial charge in [-0.3, -0.25) is 0 Å². The molecule has 2 N–H and O–H groups in total. The molecule has 1 heterocycles. The number of amides is 1. The molecule has 7 nitrogen and oxygen atoms in total. The minimum Gasteiger partial charge on any atom is -0.444 e. The second kappa shape index (κ2) is 6.89. The number of rotatable bonds is 5. The Morgan fingerprint density at radius 2 is 1.90 bits per heavy atom. The molecule has 0 aliphatic carbocycles. The number of carbonyl (C=O) groups excluding carboxylic acids is 1. The van der Waals surface area contributed by atoms with Gasteiger partial charge in [0.15, 0.2) is 0 Å². The lowest BCUT2D eigenvalue weighted by Gasteiger charge is -2.19. The first-order valence-corrected chi connectivity index (χ1v) is 7.17. The minimum absolute atomic E-state index is 0.0660. The monoisotopic (exact) mass is 297 g/mol. The zero-order valence-corrected chi connectivity index (χ0v) is 13.9. The highest BCUT2D eigenvalue weighted by Gasteiger charge is 2.16. The van der Waals surface area contributed by atoms with E-state index in [9.17, 15) is 4.79 Å².